The molecule has 0 bridgehead atoms. The predicted octanol–water partition coefficient (Wildman–Crippen LogP) is 3.00. The fraction of sp³-hybridized carbons (Fsp3) is 0.167. The van der Waals surface area contributed by atoms with E-state index in [-0.39, 0.29) is 5.91 Å². The van der Waals surface area contributed by atoms with E-state index >= 15 is 0 Å². The summed E-state index contributed by atoms with van der Waals surface area (Å²) in [6, 6.07) is 10.2. The molecule has 128 valence electrons. The van der Waals surface area contributed by atoms with E-state index in [1.165, 1.54) is 13.3 Å². The van der Waals surface area contributed by atoms with Gasteiger partial charge in [-0.3, -0.25) is 4.79 Å². The number of hydrogen-bond acceptors (Lipinski definition) is 4. The lowest BCUT2D eigenvalue weighted by molar-refractivity contribution is 0.0940. The van der Waals surface area contributed by atoms with Crippen molar-refractivity contribution < 1.29 is 9.53 Å². The monoisotopic (exact) mass is 356 g/mol. The Hall–Kier alpha value is -2.86. The highest BCUT2D eigenvalue weighted by molar-refractivity contribution is 6.30. The molecule has 6 nitrogen and oxygen atoms in total. The van der Waals surface area contributed by atoms with Gasteiger partial charge in [-0.2, -0.15) is 0 Å². The number of aryl methyl sites for hydroxylation is 1. The van der Waals surface area contributed by atoms with Crippen molar-refractivity contribution in [2.45, 2.75) is 6.04 Å². The maximum atomic E-state index is 12.6. The number of carbonyl (C=O) groups excluding carboxylic acids is 1. The first-order chi connectivity index (χ1) is 12.1. The molecule has 0 spiro atoms. The van der Waals surface area contributed by atoms with Crippen LogP contribution in [0.5, 0.6) is 5.88 Å². The zero-order valence-electron chi connectivity index (χ0n) is 13.8. The van der Waals surface area contributed by atoms with Crippen molar-refractivity contribution in [2.24, 2.45) is 7.05 Å². The Kier molecular flexibility index (Phi) is 5.00. The van der Waals surface area contributed by atoms with Crippen LogP contribution >= 0.6 is 11.6 Å². The number of carbonyl (C=O) groups is 1. The first-order valence-corrected chi connectivity index (χ1v) is 8.00. The number of methoxy groups -OCH3 is 1. The molecule has 7 heteroatoms. The average molecular weight is 357 g/mol. The molecule has 2 heterocycles. The highest BCUT2D eigenvalue weighted by atomic mass is 35.5. The molecule has 0 fully saturated rings. The molecule has 1 aromatic carbocycles. The maximum absolute atomic E-state index is 12.6. The summed E-state index contributed by atoms with van der Waals surface area (Å²) >= 11 is 5.97. The third kappa shape index (κ3) is 3.80. The highest BCUT2D eigenvalue weighted by Crippen LogP contribution is 2.23. The Balaban J connectivity index is 1.90. The maximum Gasteiger partial charge on any atom is 0.253 e. The Morgan fingerprint density at radius 1 is 1.20 bits per heavy atom. The SMILES string of the molecule is COc1ccc(C(=O)NC(c2ccc(Cl)cc2)c2nccn2C)cn1. The Bertz CT molecular complexity index is 860. The normalized spacial score (nSPS) is 11.8. The molecule has 1 unspecified atom stereocenters. The van der Waals surface area contributed by atoms with Crippen molar-refractivity contribution in [3.63, 3.8) is 0 Å². The highest BCUT2D eigenvalue weighted by Gasteiger charge is 2.21. The number of rotatable bonds is 5. The second kappa shape index (κ2) is 7.36. The van der Waals surface area contributed by atoms with E-state index in [2.05, 4.69) is 15.3 Å². The molecule has 1 amide bonds. The molecule has 0 aliphatic heterocycles. The zero-order valence-corrected chi connectivity index (χ0v) is 14.6. The van der Waals surface area contributed by atoms with Crippen LogP contribution in [0.3, 0.4) is 0 Å². The minimum Gasteiger partial charge on any atom is -0.481 e. The molecule has 0 saturated heterocycles. The number of nitrogens with zero attached hydrogens (tertiary/aromatic N) is 3. The molecule has 25 heavy (non-hydrogen) atoms. The number of nitrogens with one attached hydrogen (secondary N) is 1. The molecule has 2 aromatic heterocycles. The van der Waals surface area contributed by atoms with E-state index in [4.69, 9.17) is 16.3 Å². The predicted molar refractivity (Wildman–Crippen MR) is 94.8 cm³/mol. The largest absolute Gasteiger partial charge is 0.481 e. The van der Waals surface area contributed by atoms with E-state index in [1.807, 2.05) is 29.9 Å². The minimum absolute atomic E-state index is 0.252. The van der Waals surface area contributed by atoms with Gasteiger partial charge in [0.15, 0.2) is 0 Å². The van der Waals surface area contributed by atoms with Gasteiger partial charge in [0.2, 0.25) is 5.88 Å². The number of benzene rings is 1. The van der Waals surface area contributed by atoms with E-state index in [9.17, 15) is 4.79 Å². The summed E-state index contributed by atoms with van der Waals surface area (Å²) in [6.07, 6.45) is 5.00. The van der Waals surface area contributed by atoms with Crippen molar-refractivity contribution in [3.8, 4) is 5.88 Å². The van der Waals surface area contributed by atoms with Crippen LogP contribution in [0.15, 0.2) is 55.0 Å². The molecular weight excluding hydrogens is 340 g/mol. The smallest absolute Gasteiger partial charge is 0.253 e. The Morgan fingerprint density at radius 2 is 1.96 bits per heavy atom. The summed E-state index contributed by atoms with van der Waals surface area (Å²) in [5, 5.41) is 3.64. The first kappa shape index (κ1) is 17.0. The van der Waals surface area contributed by atoms with Gasteiger partial charge < -0.3 is 14.6 Å². The summed E-state index contributed by atoms with van der Waals surface area (Å²) in [7, 11) is 3.41. The first-order valence-electron chi connectivity index (χ1n) is 7.62. The number of halogens is 1. The molecule has 0 radical (unpaired) electrons. The van der Waals surface area contributed by atoms with Gasteiger partial charge in [0, 0.05) is 36.7 Å². The fourth-order valence-electron chi connectivity index (χ4n) is 2.46. The lowest BCUT2D eigenvalue weighted by Crippen LogP contribution is -2.31. The number of hydrogen-bond donors (Lipinski definition) is 1. The second-order valence-corrected chi connectivity index (χ2v) is 5.88. The number of aromatic nitrogens is 3. The molecule has 1 atom stereocenters. The lowest BCUT2D eigenvalue weighted by Gasteiger charge is -2.19. The third-order valence-corrected chi connectivity index (χ3v) is 4.06. The van der Waals surface area contributed by atoms with Crippen molar-refractivity contribution in [1.82, 2.24) is 19.9 Å². The lowest BCUT2D eigenvalue weighted by atomic mass is 10.1. The number of ether oxygens (including phenoxy) is 1. The van der Waals surface area contributed by atoms with Crippen LogP contribution in [0, 0.1) is 0 Å². The van der Waals surface area contributed by atoms with Crippen LogP contribution in [-0.4, -0.2) is 27.6 Å². The van der Waals surface area contributed by atoms with Crippen LogP contribution in [0.1, 0.15) is 27.8 Å². The molecular formula is C18H17ClN4O2. The quantitative estimate of drug-likeness (QED) is 0.763. The van der Waals surface area contributed by atoms with Gasteiger partial charge in [0.25, 0.3) is 5.91 Å². The number of imidazole rings is 1. The van der Waals surface area contributed by atoms with Gasteiger partial charge in [-0.1, -0.05) is 23.7 Å². The second-order valence-electron chi connectivity index (χ2n) is 5.44. The fourth-order valence-corrected chi connectivity index (χ4v) is 2.58. The standard InChI is InChI=1S/C18H17ClN4O2/c1-23-10-9-20-17(23)16(12-3-6-14(19)7-4-12)22-18(24)13-5-8-15(25-2)21-11-13/h3-11,16H,1-2H3,(H,22,24). The van der Waals surface area contributed by atoms with Crippen molar-refractivity contribution in [1.29, 1.82) is 0 Å². The van der Waals surface area contributed by atoms with Crippen molar-refractivity contribution in [2.75, 3.05) is 7.11 Å². The molecule has 0 saturated carbocycles. The average Bonchev–Trinajstić information content (AvgIpc) is 3.06. The van der Waals surface area contributed by atoms with Gasteiger partial charge >= 0.3 is 0 Å². The van der Waals surface area contributed by atoms with E-state index < -0.39 is 6.04 Å². The van der Waals surface area contributed by atoms with E-state index in [0.717, 1.165) is 11.4 Å². The molecule has 0 aliphatic rings. The summed E-state index contributed by atoms with van der Waals surface area (Å²) in [5.74, 6) is 0.921. The number of amides is 1. The van der Waals surface area contributed by atoms with Gasteiger partial charge in [-0.15, -0.1) is 0 Å². The number of pyridine rings is 1. The van der Waals surface area contributed by atoms with Crippen LogP contribution in [0.2, 0.25) is 5.02 Å². The zero-order chi connectivity index (χ0) is 17.8. The molecule has 0 aliphatic carbocycles. The van der Waals surface area contributed by atoms with Crippen molar-refractivity contribution >= 4 is 17.5 Å². The molecule has 3 rings (SSSR count). The summed E-state index contributed by atoms with van der Waals surface area (Å²) in [6.45, 7) is 0. The summed E-state index contributed by atoms with van der Waals surface area (Å²) in [4.78, 5) is 21.1. The van der Waals surface area contributed by atoms with Crippen molar-refractivity contribution in [3.05, 3.63) is 77.0 Å². The molecule has 1 N–H and O–H groups in total. The van der Waals surface area contributed by atoms with E-state index in [1.54, 1.807) is 30.5 Å². The Labute approximate surface area is 150 Å². The summed E-state index contributed by atoms with van der Waals surface area (Å²) in [5.41, 5.74) is 1.32. The van der Waals surface area contributed by atoms with Gasteiger partial charge in [-0.05, 0) is 23.8 Å². The van der Waals surface area contributed by atoms with Crippen LogP contribution in [-0.2, 0) is 7.05 Å². The van der Waals surface area contributed by atoms with Crippen LogP contribution in [0.4, 0.5) is 0 Å². The third-order valence-electron chi connectivity index (χ3n) is 3.80. The van der Waals surface area contributed by atoms with Crippen LogP contribution in [0.25, 0.3) is 0 Å². The van der Waals surface area contributed by atoms with Gasteiger partial charge in [0.05, 0.1) is 12.7 Å². The van der Waals surface area contributed by atoms with Gasteiger partial charge in [-0.25, -0.2) is 9.97 Å². The topological polar surface area (TPSA) is 69.0 Å². The summed E-state index contributed by atoms with van der Waals surface area (Å²) < 4.78 is 6.88. The minimum atomic E-state index is -0.410. The van der Waals surface area contributed by atoms with Gasteiger partial charge in [0.1, 0.15) is 11.9 Å². The molecule has 3 aromatic rings. The Morgan fingerprint density at radius 3 is 2.52 bits per heavy atom. The van der Waals surface area contributed by atoms with E-state index in [0.29, 0.717) is 16.5 Å². The van der Waals surface area contributed by atoms with Crippen LogP contribution < -0.4 is 10.1 Å².